The van der Waals surface area contributed by atoms with Crippen LogP contribution in [0.2, 0.25) is 5.02 Å². The number of carbonyl (C=O) groups is 2. The van der Waals surface area contributed by atoms with E-state index in [-0.39, 0.29) is 17.6 Å². The average Bonchev–Trinajstić information content (AvgIpc) is 3.18. The number of hydrogen-bond acceptors (Lipinski definition) is 5. The zero-order chi connectivity index (χ0) is 21.8. The molecule has 9 heteroatoms. The number of rotatable bonds is 6. The monoisotopic (exact) mass is 451 g/mol. The highest BCUT2D eigenvalue weighted by Gasteiger charge is 2.13. The Morgan fingerprint density at radius 2 is 1.77 bits per heavy atom. The van der Waals surface area contributed by atoms with Gasteiger partial charge in [-0.05, 0) is 43.3 Å². The Labute approximate surface area is 187 Å². The van der Waals surface area contributed by atoms with Gasteiger partial charge in [0.05, 0.1) is 22.0 Å². The fourth-order valence-electron chi connectivity index (χ4n) is 2.82. The second kappa shape index (κ2) is 9.20. The van der Waals surface area contributed by atoms with E-state index in [0.717, 1.165) is 5.56 Å². The van der Waals surface area contributed by atoms with Crippen molar-refractivity contribution in [3.05, 3.63) is 83.0 Å². The summed E-state index contributed by atoms with van der Waals surface area (Å²) in [5, 5.41) is 14.8. The first-order valence-electron chi connectivity index (χ1n) is 9.39. The minimum Gasteiger partial charge on any atom is -0.324 e. The lowest BCUT2D eigenvalue weighted by molar-refractivity contribution is -0.113. The van der Waals surface area contributed by atoms with Crippen molar-refractivity contribution in [2.24, 2.45) is 0 Å². The molecule has 0 radical (unpaired) electrons. The van der Waals surface area contributed by atoms with Gasteiger partial charge in [-0.1, -0.05) is 53.2 Å². The number of aryl methyl sites for hydroxylation is 1. The predicted octanol–water partition coefficient (Wildman–Crippen LogP) is 4.67. The van der Waals surface area contributed by atoms with Gasteiger partial charge in [-0.2, -0.15) is 0 Å². The summed E-state index contributed by atoms with van der Waals surface area (Å²) < 4.78 is 1.69. The van der Waals surface area contributed by atoms with Gasteiger partial charge in [0.25, 0.3) is 5.91 Å². The Morgan fingerprint density at radius 1 is 1.00 bits per heavy atom. The van der Waals surface area contributed by atoms with E-state index in [4.69, 9.17) is 11.6 Å². The fraction of sp³-hybridized carbons (Fsp3) is 0.0909. The highest BCUT2D eigenvalue weighted by Crippen LogP contribution is 2.22. The molecule has 0 spiro atoms. The number of carbonyl (C=O) groups excluding carboxylic acids is 2. The molecular formula is C22H18ClN5O2S. The predicted molar refractivity (Wildman–Crippen MR) is 123 cm³/mol. The number of hydrogen-bond donors (Lipinski definition) is 2. The fourth-order valence-corrected chi connectivity index (χ4v) is 3.72. The third-order valence-corrected chi connectivity index (χ3v) is 5.70. The quantitative estimate of drug-likeness (QED) is 0.416. The summed E-state index contributed by atoms with van der Waals surface area (Å²) in [4.78, 5) is 24.9. The topological polar surface area (TPSA) is 88.4 Å². The van der Waals surface area contributed by atoms with Gasteiger partial charge in [-0.25, -0.2) is 0 Å². The Hall–Kier alpha value is -3.36. The zero-order valence-corrected chi connectivity index (χ0v) is 18.1. The second-order valence-corrected chi connectivity index (χ2v) is 8.12. The number of nitrogens with one attached hydrogen (secondary N) is 2. The number of thioether (sulfide) groups is 1. The number of halogens is 1. The van der Waals surface area contributed by atoms with Crippen molar-refractivity contribution in [3.63, 3.8) is 0 Å². The van der Waals surface area contributed by atoms with Crippen LogP contribution in [0.3, 0.4) is 0 Å². The molecule has 2 amide bonds. The molecule has 31 heavy (non-hydrogen) atoms. The molecular weight excluding hydrogens is 434 g/mol. The van der Waals surface area contributed by atoms with Gasteiger partial charge in [0, 0.05) is 11.9 Å². The highest BCUT2D eigenvalue weighted by atomic mass is 35.5. The molecule has 0 aliphatic carbocycles. The zero-order valence-electron chi connectivity index (χ0n) is 16.5. The molecule has 7 nitrogen and oxygen atoms in total. The lowest BCUT2D eigenvalue weighted by Gasteiger charge is -2.07. The van der Waals surface area contributed by atoms with Gasteiger partial charge in [0.2, 0.25) is 5.91 Å². The van der Waals surface area contributed by atoms with E-state index >= 15 is 0 Å². The van der Waals surface area contributed by atoms with Crippen LogP contribution in [-0.4, -0.2) is 32.2 Å². The molecule has 2 aromatic heterocycles. The summed E-state index contributed by atoms with van der Waals surface area (Å²) in [5.41, 5.74) is 3.42. The molecule has 156 valence electrons. The van der Waals surface area contributed by atoms with Crippen LogP contribution in [-0.2, 0) is 4.79 Å². The number of nitrogens with zero attached hydrogens (tertiary/aromatic N) is 3. The largest absolute Gasteiger partial charge is 0.324 e. The van der Waals surface area contributed by atoms with Crippen LogP contribution in [0.15, 0.2) is 72.0 Å². The third kappa shape index (κ3) is 5.04. The summed E-state index contributed by atoms with van der Waals surface area (Å²) in [5.74, 6) is -0.346. The van der Waals surface area contributed by atoms with Gasteiger partial charge in [-0.15, -0.1) is 10.2 Å². The second-order valence-electron chi connectivity index (χ2n) is 6.77. The van der Waals surface area contributed by atoms with Crippen molar-refractivity contribution in [1.82, 2.24) is 14.6 Å². The van der Waals surface area contributed by atoms with E-state index in [1.807, 2.05) is 31.2 Å². The summed E-state index contributed by atoms with van der Waals surface area (Å²) in [7, 11) is 0. The number of aromatic nitrogens is 3. The molecule has 0 fully saturated rings. The number of anilines is 2. The summed E-state index contributed by atoms with van der Waals surface area (Å²) in [6, 6.07) is 18.0. The Balaban J connectivity index is 1.45. The van der Waals surface area contributed by atoms with Crippen molar-refractivity contribution >= 4 is 52.2 Å². The van der Waals surface area contributed by atoms with Crippen molar-refractivity contribution < 1.29 is 9.59 Å². The van der Waals surface area contributed by atoms with E-state index in [0.29, 0.717) is 32.8 Å². The molecule has 0 unspecified atom stereocenters. The van der Waals surface area contributed by atoms with Gasteiger partial charge in [0.15, 0.2) is 10.8 Å². The van der Waals surface area contributed by atoms with Crippen LogP contribution < -0.4 is 10.6 Å². The van der Waals surface area contributed by atoms with E-state index in [1.165, 1.54) is 11.8 Å². The third-order valence-electron chi connectivity index (χ3n) is 4.42. The molecule has 0 aliphatic heterocycles. The molecule has 4 rings (SSSR count). The van der Waals surface area contributed by atoms with Crippen LogP contribution in [0.4, 0.5) is 11.4 Å². The summed E-state index contributed by atoms with van der Waals surface area (Å²) in [6.07, 6.45) is 1.66. The number of pyridine rings is 1. The summed E-state index contributed by atoms with van der Waals surface area (Å²) >= 11 is 7.29. The van der Waals surface area contributed by atoms with Crippen LogP contribution in [0.25, 0.3) is 5.65 Å². The standard InChI is InChI=1S/C22H18ClN5O2S/c1-14-6-9-16(10-7-14)24-21(30)15-8-11-19-26-27-22(28(19)12-15)31-13-20(29)25-18-5-3-2-4-17(18)23/h2-12H,13H2,1H3,(H,24,30)(H,25,29). The average molecular weight is 452 g/mol. The molecule has 0 saturated carbocycles. The SMILES string of the molecule is Cc1ccc(NC(=O)c2ccc3nnc(SCC(=O)Nc4ccccc4Cl)n3c2)cc1. The van der Waals surface area contributed by atoms with Gasteiger partial charge in [0.1, 0.15) is 0 Å². The number of benzene rings is 2. The molecule has 0 atom stereocenters. The number of amides is 2. The smallest absolute Gasteiger partial charge is 0.257 e. The maximum atomic E-state index is 12.6. The van der Waals surface area contributed by atoms with Crippen LogP contribution in [0.1, 0.15) is 15.9 Å². The maximum Gasteiger partial charge on any atom is 0.257 e. The van der Waals surface area contributed by atoms with Crippen molar-refractivity contribution in [3.8, 4) is 0 Å². The van der Waals surface area contributed by atoms with Crippen LogP contribution in [0.5, 0.6) is 0 Å². The normalized spacial score (nSPS) is 10.8. The van der Waals surface area contributed by atoms with Crippen molar-refractivity contribution in [2.75, 3.05) is 16.4 Å². The number of para-hydroxylation sites is 1. The molecule has 2 aromatic carbocycles. The maximum absolute atomic E-state index is 12.6. The van der Waals surface area contributed by atoms with Crippen molar-refractivity contribution in [1.29, 1.82) is 0 Å². The number of fused-ring (bicyclic) bond motifs is 1. The molecule has 4 aromatic rings. The Morgan fingerprint density at radius 3 is 2.55 bits per heavy atom. The first kappa shape index (κ1) is 20.9. The Kier molecular flexibility index (Phi) is 6.20. The van der Waals surface area contributed by atoms with E-state index < -0.39 is 0 Å². The first-order valence-corrected chi connectivity index (χ1v) is 10.8. The van der Waals surface area contributed by atoms with Crippen LogP contribution in [0, 0.1) is 6.92 Å². The molecule has 0 aliphatic rings. The van der Waals surface area contributed by atoms with Gasteiger partial charge < -0.3 is 10.6 Å². The minimum absolute atomic E-state index is 0.117. The molecule has 2 N–H and O–H groups in total. The minimum atomic E-state index is -0.244. The van der Waals surface area contributed by atoms with E-state index in [2.05, 4.69) is 20.8 Å². The molecule has 0 bridgehead atoms. The van der Waals surface area contributed by atoms with Gasteiger partial charge >= 0.3 is 0 Å². The first-order chi connectivity index (χ1) is 15.0. The van der Waals surface area contributed by atoms with E-state index in [9.17, 15) is 9.59 Å². The van der Waals surface area contributed by atoms with Gasteiger partial charge in [-0.3, -0.25) is 14.0 Å². The molecule has 0 saturated heterocycles. The lowest BCUT2D eigenvalue weighted by Crippen LogP contribution is -2.15. The van der Waals surface area contributed by atoms with Crippen molar-refractivity contribution in [2.45, 2.75) is 12.1 Å². The highest BCUT2D eigenvalue weighted by molar-refractivity contribution is 7.99. The molecule has 2 heterocycles. The lowest BCUT2D eigenvalue weighted by atomic mass is 10.2. The Bertz CT molecular complexity index is 1260. The van der Waals surface area contributed by atoms with Crippen LogP contribution >= 0.6 is 23.4 Å². The summed E-state index contributed by atoms with van der Waals surface area (Å²) in [6.45, 7) is 1.99. The van der Waals surface area contributed by atoms with E-state index in [1.54, 1.807) is 47.0 Å².